The van der Waals surface area contributed by atoms with Gasteiger partial charge >= 0.3 is 6.43 Å². The first-order valence-corrected chi connectivity index (χ1v) is 3.48. The van der Waals surface area contributed by atoms with Gasteiger partial charge in [-0.15, -0.1) is 0 Å². The molecule has 1 radical (unpaired) electrons. The van der Waals surface area contributed by atoms with Gasteiger partial charge in [0, 0.05) is 5.92 Å². The molecule has 0 N–H and O–H groups in total. The van der Waals surface area contributed by atoms with Gasteiger partial charge in [-0.25, -0.2) is 0 Å². The lowest BCUT2D eigenvalue weighted by molar-refractivity contribution is 0.170. The van der Waals surface area contributed by atoms with Gasteiger partial charge in [-0.1, -0.05) is 19.3 Å². The zero-order chi connectivity index (χ0) is 6.69. The molecule has 0 heterocycles. The lowest BCUT2D eigenvalue weighted by Gasteiger charge is -2.18. The van der Waals surface area contributed by atoms with Gasteiger partial charge in [-0.2, -0.15) is 8.78 Å². The Morgan fingerprint density at radius 1 is 1.00 bits per heavy atom. The Morgan fingerprint density at radius 2 is 1.56 bits per heavy atom. The molecule has 0 bridgehead atoms. The van der Waals surface area contributed by atoms with E-state index >= 15 is 0 Å². The Labute approximate surface area is 54.3 Å². The lowest BCUT2D eigenvalue weighted by Crippen LogP contribution is -2.08. The van der Waals surface area contributed by atoms with Crippen molar-refractivity contribution in [3.8, 4) is 0 Å². The Kier molecular flexibility index (Phi) is 2.43. The van der Waals surface area contributed by atoms with Crippen LogP contribution in [0.2, 0.25) is 0 Å². The van der Waals surface area contributed by atoms with Gasteiger partial charge in [-0.3, -0.25) is 0 Å². The molecule has 0 spiro atoms. The van der Waals surface area contributed by atoms with Gasteiger partial charge < -0.3 is 0 Å². The molecule has 53 valence electrons. The minimum atomic E-state index is -1.35. The molecule has 2 heteroatoms. The molecule has 1 aliphatic carbocycles. The van der Waals surface area contributed by atoms with Crippen LogP contribution < -0.4 is 0 Å². The van der Waals surface area contributed by atoms with Gasteiger partial charge in [0.2, 0.25) is 0 Å². The maximum Gasteiger partial charge on any atom is 0.313 e. The standard InChI is InChI=1S/C7H11F2/c8-7(9)6-4-2-1-3-5-6/h6H,1-5H2. The van der Waals surface area contributed by atoms with Gasteiger partial charge in [0.15, 0.2) is 0 Å². The predicted molar refractivity (Wildman–Crippen MR) is 32.0 cm³/mol. The highest BCUT2D eigenvalue weighted by atomic mass is 19.3. The smallest absolute Gasteiger partial charge is 0.200 e. The third-order valence-electron chi connectivity index (χ3n) is 1.91. The van der Waals surface area contributed by atoms with E-state index in [0.29, 0.717) is 12.8 Å². The van der Waals surface area contributed by atoms with Crippen LogP contribution in [0.1, 0.15) is 32.1 Å². The van der Waals surface area contributed by atoms with Crippen molar-refractivity contribution < 1.29 is 8.78 Å². The summed E-state index contributed by atoms with van der Waals surface area (Å²) < 4.78 is 23.7. The van der Waals surface area contributed by atoms with E-state index in [4.69, 9.17) is 0 Å². The molecule has 0 unspecified atom stereocenters. The van der Waals surface area contributed by atoms with Crippen molar-refractivity contribution in [2.45, 2.75) is 32.1 Å². The predicted octanol–water partition coefficient (Wildman–Crippen LogP) is 3.00. The van der Waals surface area contributed by atoms with E-state index in [9.17, 15) is 8.78 Å². The average molecular weight is 133 g/mol. The number of halogens is 2. The molecule has 1 aliphatic rings. The van der Waals surface area contributed by atoms with Crippen molar-refractivity contribution in [1.82, 2.24) is 0 Å². The second-order valence-electron chi connectivity index (χ2n) is 2.62. The summed E-state index contributed by atoms with van der Waals surface area (Å²) in [4.78, 5) is 0. The summed E-state index contributed by atoms with van der Waals surface area (Å²) in [6.45, 7) is 0. The van der Waals surface area contributed by atoms with Crippen molar-refractivity contribution in [1.29, 1.82) is 0 Å². The van der Waals surface area contributed by atoms with E-state index in [1.165, 1.54) is 0 Å². The molecule has 1 rings (SSSR count). The largest absolute Gasteiger partial charge is 0.313 e. The van der Waals surface area contributed by atoms with Crippen LogP contribution >= 0.6 is 0 Å². The van der Waals surface area contributed by atoms with Crippen LogP contribution in [0.15, 0.2) is 0 Å². The molecule has 1 saturated carbocycles. The Balaban J connectivity index is 2.23. The molecule has 1 fully saturated rings. The zero-order valence-corrected chi connectivity index (χ0v) is 5.37. The van der Waals surface area contributed by atoms with Crippen LogP contribution in [0.5, 0.6) is 0 Å². The fraction of sp³-hybridized carbons (Fsp3) is 0.857. The van der Waals surface area contributed by atoms with E-state index in [2.05, 4.69) is 0 Å². The highest BCUT2D eigenvalue weighted by molar-refractivity contribution is 4.77. The summed E-state index contributed by atoms with van der Waals surface area (Å²) >= 11 is 0. The van der Waals surface area contributed by atoms with E-state index < -0.39 is 6.43 Å². The molecule has 0 atom stereocenters. The summed E-state index contributed by atoms with van der Waals surface area (Å²) in [6.07, 6.45) is 3.19. The second-order valence-corrected chi connectivity index (χ2v) is 2.62. The highest BCUT2D eigenvalue weighted by Crippen LogP contribution is 2.32. The number of hydrogen-bond acceptors (Lipinski definition) is 0. The van der Waals surface area contributed by atoms with Gasteiger partial charge in [0.25, 0.3) is 0 Å². The molecule has 9 heavy (non-hydrogen) atoms. The molecule has 0 amide bonds. The van der Waals surface area contributed by atoms with Gasteiger partial charge in [0.05, 0.1) is 0 Å². The van der Waals surface area contributed by atoms with Crippen molar-refractivity contribution in [2.75, 3.05) is 0 Å². The van der Waals surface area contributed by atoms with Crippen molar-refractivity contribution in [2.24, 2.45) is 5.92 Å². The van der Waals surface area contributed by atoms with Crippen LogP contribution in [0, 0.1) is 12.3 Å². The summed E-state index contributed by atoms with van der Waals surface area (Å²) in [5.74, 6) is -0.362. The first-order chi connectivity index (χ1) is 4.30. The van der Waals surface area contributed by atoms with E-state index in [0.717, 1.165) is 19.3 Å². The average Bonchev–Trinajstić information content (AvgIpc) is 1.90. The quantitative estimate of drug-likeness (QED) is 0.515. The van der Waals surface area contributed by atoms with Crippen LogP contribution in [0.25, 0.3) is 0 Å². The Bertz CT molecular complexity index is 75.0. The summed E-state index contributed by atoms with van der Waals surface area (Å²) in [5.41, 5.74) is 0. The Morgan fingerprint density at radius 3 is 1.89 bits per heavy atom. The second kappa shape index (κ2) is 3.14. The minimum Gasteiger partial charge on any atom is -0.200 e. The van der Waals surface area contributed by atoms with Crippen LogP contribution in [0.3, 0.4) is 0 Å². The monoisotopic (exact) mass is 133 g/mol. The summed E-state index contributed by atoms with van der Waals surface area (Å²) in [5, 5.41) is 0. The molecule has 0 aromatic carbocycles. The van der Waals surface area contributed by atoms with Crippen LogP contribution in [0.4, 0.5) is 8.78 Å². The fourth-order valence-corrected chi connectivity index (χ4v) is 1.32. The molecule has 0 aliphatic heterocycles. The van der Waals surface area contributed by atoms with Crippen LogP contribution in [-0.4, -0.2) is 0 Å². The highest BCUT2D eigenvalue weighted by Gasteiger charge is 2.23. The topological polar surface area (TPSA) is 0 Å². The van der Waals surface area contributed by atoms with E-state index in [1.54, 1.807) is 0 Å². The van der Waals surface area contributed by atoms with Crippen LogP contribution in [-0.2, 0) is 0 Å². The lowest BCUT2D eigenvalue weighted by atomic mass is 9.90. The molecule has 0 saturated heterocycles. The number of rotatable bonds is 1. The van der Waals surface area contributed by atoms with Gasteiger partial charge in [-0.05, 0) is 12.8 Å². The van der Waals surface area contributed by atoms with E-state index in [1.807, 2.05) is 0 Å². The number of hydrogen-bond donors (Lipinski definition) is 0. The SMILES string of the molecule is F[C](F)C1CCCCC1. The maximum atomic E-state index is 11.8. The summed E-state index contributed by atoms with van der Waals surface area (Å²) in [7, 11) is 0. The molecule has 0 nitrogen and oxygen atoms in total. The van der Waals surface area contributed by atoms with Crippen molar-refractivity contribution in [3.63, 3.8) is 0 Å². The maximum absolute atomic E-state index is 11.8. The third kappa shape index (κ3) is 1.92. The molecular weight excluding hydrogens is 122 g/mol. The normalized spacial score (nSPS) is 23.0. The van der Waals surface area contributed by atoms with Crippen molar-refractivity contribution >= 4 is 0 Å². The fourth-order valence-electron chi connectivity index (χ4n) is 1.32. The molecular formula is C7H11F2. The van der Waals surface area contributed by atoms with Crippen molar-refractivity contribution in [3.05, 3.63) is 6.43 Å². The summed E-state index contributed by atoms with van der Waals surface area (Å²) in [6, 6.07) is 0. The first kappa shape index (κ1) is 6.97. The zero-order valence-electron chi connectivity index (χ0n) is 5.37. The Hall–Kier alpha value is -0.140. The van der Waals surface area contributed by atoms with E-state index in [-0.39, 0.29) is 5.92 Å². The van der Waals surface area contributed by atoms with Gasteiger partial charge in [0.1, 0.15) is 0 Å². The molecule has 0 aromatic heterocycles. The molecule has 0 aromatic rings. The first-order valence-electron chi connectivity index (χ1n) is 3.48. The third-order valence-corrected chi connectivity index (χ3v) is 1.91. The minimum absolute atomic E-state index is 0.362.